The third-order valence-electron chi connectivity index (χ3n) is 10.6. The molecule has 0 bridgehead atoms. The first-order valence-corrected chi connectivity index (χ1v) is 18.8. The molecule has 0 amide bonds. The highest BCUT2D eigenvalue weighted by atomic mass is 32.1. The second-order valence-electron chi connectivity index (χ2n) is 13.3. The van der Waals surface area contributed by atoms with Gasteiger partial charge >= 0.3 is 0 Å². The fourth-order valence-electron chi connectivity index (χ4n) is 8.45. The number of para-hydroxylation sites is 1. The van der Waals surface area contributed by atoms with Gasteiger partial charge in [-0.25, -0.2) is 9.97 Å². The summed E-state index contributed by atoms with van der Waals surface area (Å²) in [5.41, 5.74) is 5.24. The van der Waals surface area contributed by atoms with Crippen molar-refractivity contribution in [3.05, 3.63) is 152 Å². The molecule has 0 aliphatic heterocycles. The Morgan fingerprint density at radius 1 is 0.412 bits per heavy atom. The van der Waals surface area contributed by atoms with E-state index in [1.165, 1.54) is 67.3 Å². The Morgan fingerprint density at radius 2 is 1.08 bits per heavy atom. The molecule has 51 heavy (non-hydrogen) atoms. The van der Waals surface area contributed by atoms with Gasteiger partial charge in [-0.3, -0.25) is 4.57 Å². The van der Waals surface area contributed by atoms with Crippen LogP contribution in [0, 0.1) is 0 Å². The molecule has 0 spiro atoms. The van der Waals surface area contributed by atoms with Gasteiger partial charge in [0.2, 0.25) is 5.95 Å². The van der Waals surface area contributed by atoms with E-state index in [9.17, 15) is 0 Å². The first-order valence-electron chi connectivity index (χ1n) is 17.2. The van der Waals surface area contributed by atoms with Gasteiger partial charge < -0.3 is 0 Å². The molecule has 0 N–H and O–H groups in total. The maximum absolute atomic E-state index is 5.51. The Balaban J connectivity index is 1.35. The average Bonchev–Trinajstić information content (AvgIpc) is 3.88. The van der Waals surface area contributed by atoms with E-state index in [1.807, 2.05) is 22.7 Å². The van der Waals surface area contributed by atoms with Crippen molar-refractivity contribution in [2.75, 3.05) is 0 Å². The van der Waals surface area contributed by atoms with Gasteiger partial charge in [0.15, 0.2) is 0 Å². The zero-order valence-electron chi connectivity index (χ0n) is 27.1. The SMILES string of the molecule is c1ccc(-c2nc(-n3c4ccccc4c4c5ccc6sc7ccccc7c6c5c5c6ccccc6sc5c43)nc3c2ccc2ccccc23)cc1. The molecule has 0 unspecified atom stereocenters. The van der Waals surface area contributed by atoms with Crippen LogP contribution in [0.2, 0.25) is 0 Å². The van der Waals surface area contributed by atoms with E-state index in [2.05, 4.69) is 156 Å². The molecule has 0 atom stereocenters. The Morgan fingerprint density at radius 3 is 1.92 bits per heavy atom. The first-order chi connectivity index (χ1) is 25.3. The fraction of sp³-hybridized carbons (Fsp3) is 0. The average molecular weight is 684 g/mol. The van der Waals surface area contributed by atoms with Crippen LogP contribution in [-0.2, 0) is 0 Å². The summed E-state index contributed by atoms with van der Waals surface area (Å²) in [7, 11) is 0. The van der Waals surface area contributed by atoms with Gasteiger partial charge in [-0.15, -0.1) is 22.7 Å². The molecule has 12 aromatic rings. The molecular formula is C46H25N3S2. The largest absolute Gasteiger partial charge is 0.276 e. The number of aromatic nitrogens is 3. The summed E-state index contributed by atoms with van der Waals surface area (Å²) in [5, 5.41) is 13.7. The minimum absolute atomic E-state index is 0.684. The lowest BCUT2D eigenvalue weighted by molar-refractivity contribution is 1.02. The molecule has 8 aromatic carbocycles. The van der Waals surface area contributed by atoms with Crippen LogP contribution >= 0.6 is 22.7 Å². The molecule has 0 fully saturated rings. The lowest BCUT2D eigenvalue weighted by atomic mass is 9.95. The van der Waals surface area contributed by atoms with Gasteiger partial charge in [-0.1, -0.05) is 121 Å². The van der Waals surface area contributed by atoms with Crippen LogP contribution in [0.15, 0.2) is 152 Å². The maximum atomic E-state index is 5.51. The number of benzene rings is 8. The highest BCUT2D eigenvalue weighted by Crippen LogP contribution is 2.51. The lowest BCUT2D eigenvalue weighted by Gasteiger charge is -2.14. The van der Waals surface area contributed by atoms with Crippen molar-refractivity contribution < 1.29 is 0 Å². The van der Waals surface area contributed by atoms with Gasteiger partial charge in [-0.05, 0) is 41.1 Å². The van der Waals surface area contributed by atoms with Crippen LogP contribution in [0.4, 0.5) is 0 Å². The Kier molecular flexibility index (Phi) is 5.53. The topological polar surface area (TPSA) is 30.7 Å². The summed E-state index contributed by atoms with van der Waals surface area (Å²) in [6, 6.07) is 54.8. The Labute approximate surface area is 299 Å². The molecule has 4 aromatic heterocycles. The minimum Gasteiger partial charge on any atom is -0.276 e. The van der Waals surface area contributed by atoms with E-state index < -0.39 is 0 Å². The zero-order valence-corrected chi connectivity index (χ0v) is 28.7. The zero-order chi connectivity index (χ0) is 33.2. The second-order valence-corrected chi connectivity index (χ2v) is 15.4. The van der Waals surface area contributed by atoms with Crippen LogP contribution in [0.25, 0.3) is 112 Å². The van der Waals surface area contributed by atoms with Crippen LogP contribution in [0.3, 0.4) is 0 Å². The first kappa shape index (κ1) is 27.7. The molecule has 0 saturated heterocycles. The standard InChI is InChI=1S/C46H25N3S2/c1-2-13-27(14-3-1)42-33-23-22-26-12-4-5-15-28(26)43(33)48-46(47-42)49-34-19-9-6-16-29(34)38-32-24-25-37-39(30-17-7-10-20-35(30)50-37)40(32)41-31-18-8-11-21-36(31)51-45(41)44(38)49/h1-25H. The molecule has 236 valence electrons. The quantitative estimate of drug-likeness (QED) is 0.170. The van der Waals surface area contributed by atoms with E-state index >= 15 is 0 Å². The summed E-state index contributed by atoms with van der Waals surface area (Å²) in [6.07, 6.45) is 0. The molecule has 12 rings (SSSR count). The molecule has 5 heteroatoms. The molecule has 4 heterocycles. The molecule has 0 radical (unpaired) electrons. The number of fused-ring (bicyclic) bond motifs is 17. The second kappa shape index (κ2) is 10.2. The monoisotopic (exact) mass is 683 g/mol. The van der Waals surface area contributed by atoms with Gasteiger partial charge in [-0.2, -0.15) is 0 Å². The van der Waals surface area contributed by atoms with Crippen molar-refractivity contribution in [2.45, 2.75) is 0 Å². The van der Waals surface area contributed by atoms with Crippen LogP contribution in [0.5, 0.6) is 0 Å². The van der Waals surface area contributed by atoms with E-state index in [0.717, 1.165) is 38.6 Å². The highest BCUT2D eigenvalue weighted by Gasteiger charge is 2.25. The molecular weight excluding hydrogens is 659 g/mol. The van der Waals surface area contributed by atoms with E-state index in [-0.39, 0.29) is 0 Å². The molecule has 3 nitrogen and oxygen atoms in total. The van der Waals surface area contributed by atoms with Crippen LogP contribution in [-0.4, -0.2) is 14.5 Å². The van der Waals surface area contributed by atoms with Crippen molar-refractivity contribution in [3.63, 3.8) is 0 Å². The number of rotatable bonds is 2. The van der Waals surface area contributed by atoms with Gasteiger partial charge in [0.25, 0.3) is 0 Å². The summed E-state index contributed by atoms with van der Waals surface area (Å²) in [5.74, 6) is 0.684. The minimum atomic E-state index is 0.684. The smallest absolute Gasteiger partial charge is 0.235 e. The lowest BCUT2D eigenvalue weighted by Crippen LogP contribution is -2.04. The molecule has 0 aliphatic rings. The van der Waals surface area contributed by atoms with Crippen LogP contribution < -0.4 is 0 Å². The third-order valence-corrected chi connectivity index (χ3v) is 12.9. The van der Waals surface area contributed by atoms with Crippen molar-refractivity contribution >= 4 is 117 Å². The van der Waals surface area contributed by atoms with E-state index in [0.29, 0.717) is 5.95 Å². The van der Waals surface area contributed by atoms with Crippen molar-refractivity contribution in [3.8, 4) is 17.2 Å². The van der Waals surface area contributed by atoms with Crippen molar-refractivity contribution in [1.82, 2.24) is 14.5 Å². The van der Waals surface area contributed by atoms with Gasteiger partial charge in [0.05, 0.1) is 26.9 Å². The van der Waals surface area contributed by atoms with Crippen LogP contribution in [0.1, 0.15) is 0 Å². The summed E-state index contributed by atoms with van der Waals surface area (Å²) in [4.78, 5) is 11.0. The Hall–Kier alpha value is -6.14. The molecule has 0 aliphatic carbocycles. The number of nitrogens with zero attached hydrogens (tertiary/aromatic N) is 3. The fourth-order valence-corrected chi connectivity index (χ4v) is 10.8. The number of thiophene rings is 2. The Bertz CT molecular complexity index is 3420. The maximum Gasteiger partial charge on any atom is 0.235 e. The summed E-state index contributed by atoms with van der Waals surface area (Å²) >= 11 is 3.76. The number of hydrogen-bond donors (Lipinski definition) is 0. The van der Waals surface area contributed by atoms with Gasteiger partial charge in [0, 0.05) is 68.1 Å². The predicted molar refractivity (Wildman–Crippen MR) is 220 cm³/mol. The normalized spacial score (nSPS) is 12.3. The third kappa shape index (κ3) is 3.71. The van der Waals surface area contributed by atoms with E-state index in [1.54, 1.807) is 0 Å². The summed E-state index contributed by atoms with van der Waals surface area (Å²) < 4.78 is 7.54. The summed E-state index contributed by atoms with van der Waals surface area (Å²) in [6.45, 7) is 0. The van der Waals surface area contributed by atoms with Crippen molar-refractivity contribution in [1.29, 1.82) is 0 Å². The highest BCUT2D eigenvalue weighted by molar-refractivity contribution is 7.27. The van der Waals surface area contributed by atoms with Crippen molar-refractivity contribution in [2.24, 2.45) is 0 Å². The van der Waals surface area contributed by atoms with Gasteiger partial charge in [0.1, 0.15) is 0 Å². The predicted octanol–water partition coefficient (Wildman–Crippen LogP) is 13.4. The number of hydrogen-bond acceptors (Lipinski definition) is 4. The molecule has 0 saturated carbocycles. The van der Waals surface area contributed by atoms with E-state index in [4.69, 9.17) is 9.97 Å².